The molecule has 0 atom stereocenters. The third-order valence-electron chi connectivity index (χ3n) is 5.68. The number of piperazine rings is 1. The molecule has 0 N–H and O–H groups in total. The SMILES string of the molecule is CCN1CCN(c2nc3c(c(=O)n(C)c(=O)n3C)n2Cc2ccc(Br)cc2)CC1. The number of aryl methyl sites for hydroxylation is 1. The first kappa shape index (κ1) is 19.9. The molecule has 154 valence electrons. The second-order valence-corrected chi connectivity index (χ2v) is 8.34. The summed E-state index contributed by atoms with van der Waals surface area (Å²) in [6.07, 6.45) is 0. The molecular weight excluding hydrogens is 436 g/mol. The number of nitrogens with zero attached hydrogens (tertiary/aromatic N) is 6. The van der Waals surface area contributed by atoms with Gasteiger partial charge in [0.15, 0.2) is 11.2 Å². The van der Waals surface area contributed by atoms with Gasteiger partial charge in [-0.25, -0.2) is 4.79 Å². The first-order valence-corrected chi connectivity index (χ1v) is 10.6. The lowest BCUT2D eigenvalue weighted by Gasteiger charge is -2.34. The summed E-state index contributed by atoms with van der Waals surface area (Å²) in [5.41, 5.74) is 1.29. The Morgan fingerprint density at radius 1 is 1.00 bits per heavy atom. The van der Waals surface area contributed by atoms with Crippen LogP contribution in [0.2, 0.25) is 0 Å². The number of aromatic nitrogens is 4. The predicted molar refractivity (Wildman–Crippen MR) is 118 cm³/mol. The van der Waals surface area contributed by atoms with E-state index in [1.54, 1.807) is 7.05 Å². The van der Waals surface area contributed by atoms with Gasteiger partial charge < -0.3 is 9.80 Å². The maximum Gasteiger partial charge on any atom is 0.332 e. The van der Waals surface area contributed by atoms with Gasteiger partial charge >= 0.3 is 5.69 Å². The third kappa shape index (κ3) is 3.53. The summed E-state index contributed by atoms with van der Waals surface area (Å²) in [4.78, 5) is 34.8. The van der Waals surface area contributed by atoms with Crippen molar-refractivity contribution >= 4 is 33.0 Å². The van der Waals surface area contributed by atoms with E-state index in [1.807, 2.05) is 28.8 Å². The van der Waals surface area contributed by atoms with Crippen molar-refractivity contribution in [2.24, 2.45) is 14.1 Å². The zero-order valence-electron chi connectivity index (χ0n) is 16.9. The Bertz CT molecular complexity index is 1150. The van der Waals surface area contributed by atoms with Crippen LogP contribution in [-0.2, 0) is 20.6 Å². The van der Waals surface area contributed by atoms with Gasteiger partial charge in [0.1, 0.15) is 0 Å². The maximum absolute atomic E-state index is 13.0. The van der Waals surface area contributed by atoms with Gasteiger partial charge in [-0.2, -0.15) is 4.98 Å². The standard InChI is InChI=1S/C20H25BrN6O2/c1-4-25-9-11-26(12-10-25)19-22-17-16(18(28)24(3)20(29)23(17)2)27(19)13-14-5-7-15(21)8-6-14/h5-8H,4,9-13H2,1-3H3. The molecule has 2 aromatic heterocycles. The monoisotopic (exact) mass is 460 g/mol. The van der Waals surface area contributed by atoms with E-state index in [2.05, 4.69) is 32.7 Å². The molecule has 0 radical (unpaired) electrons. The normalized spacial score (nSPS) is 15.4. The first-order chi connectivity index (χ1) is 13.9. The Hall–Kier alpha value is -2.39. The highest BCUT2D eigenvalue weighted by atomic mass is 79.9. The number of imidazole rings is 1. The lowest BCUT2D eigenvalue weighted by atomic mass is 10.2. The van der Waals surface area contributed by atoms with Crippen LogP contribution in [0, 0.1) is 0 Å². The molecule has 3 aromatic rings. The van der Waals surface area contributed by atoms with E-state index in [9.17, 15) is 9.59 Å². The Morgan fingerprint density at radius 3 is 2.28 bits per heavy atom. The molecule has 1 aromatic carbocycles. The molecule has 0 spiro atoms. The lowest BCUT2D eigenvalue weighted by Crippen LogP contribution is -2.47. The summed E-state index contributed by atoms with van der Waals surface area (Å²) in [6, 6.07) is 8.03. The van der Waals surface area contributed by atoms with Crippen molar-refractivity contribution in [3.63, 3.8) is 0 Å². The summed E-state index contributed by atoms with van der Waals surface area (Å²) in [7, 11) is 3.18. The van der Waals surface area contributed by atoms with Gasteiger partial charge in [-0.15, -0.1) is 0 Å². The molecule has 1 fully saturated rings. The minimum atomic E-state index is -0.363. The molecular formula is C20H25BrN6O2. The highest BCUT2D eigenvalue weighted by molar-refractivity contribution is 9.10. The molecule has 29 heavy (non-hydrogen) atoms. The number of fused-ring (bicyclic) bond motifs is 1. The van der Waals surface area contributed by atoms with Crippen molar-refractivity contribution in [2.45, 2.75) is 13.5 Å². The molecule has 3 heterocycles. The van der Waals surface area contributed by atoms with E-state index in [4.69, 9.17) is 4.98 Å². The lowest BCUT2D eigenvalue weighted by molar-refractivity contribution is 0.269. The maximum atomic E-state index is 13.0. The summed E-state index contributed by atoms with van der Waals surface area (Å²) in [6.45, 7) is 7.29. The molecule has 4 rings (SSSR count). The Labute approximate surface area is 177 Å². The highest BCUT2D eigenvalue weighted by Crippen LogP contribution is 2.23. The zero-order valence-corrected chi connectivity index (χ0v) is 18.5. The van der Waals surface area contributed by atoms with Crippen LogP contribution in [0.3, 0.4) is 0 Å². The number of likely N-dealkylation sites (N-methyl/N-ethyl adjacent to an activating group) is 1. The molecule has 9 heteroatoms. The Kier molecular flexibility index (Phi) is 5.35. The number of hydrogen-bond acceptors (Lipinski definition) is 5. The van der Waals surface area contributed by atoms with Gasteiger partial charge in [0.05, 0.1) is 6.54 Å². The molecule has 0 bridgehead atoms. The minimum absolute atomic E-state index is 0.314. The molecule has 8 nitrogen and oxygen atoms in total. The van der Waals surface area contributed by atoms with E-state index in [0.29, 0.717) is 17.7 Å². The summed E-state index contributed by atoms with van der Waals surface area (Å²) in [5, 5.41) is 0. The van der Waals surface area contributed by atoms with Crippen LogP contribution in [0.15, 0.2) is 38.3 Å². The molecule has 0 unspecified atom stereocenters. The van der Waals surface area contributed by atoms with Gasteiger partial charge in [-0.3, -0.25) is 18.5 Å². The second kappa shape index (κ2) is 7.79. The topological polar surface area (TPSA) is 68.3 Å². The van der Waals surface area contributed by atoms with Crippen LogP contribution in [0.4, 0.5) is 5.95 Å². The minimum Gasteiger partial charge on any atom is -0.340 e. The number of rotatable bonds is 4. The van der Waals surface area contributed by atoms with E-state index < -0.39 is 0 Å². The largest absolute Gasteiger partial charge is 0.340 e. The Morgan fingerprint density at radius 2 is 1.66 bits per heavy atom. The van der Waals surface area contributed by atoms with Crippen LogP contribution in [-0.4, -0.2) is 56.3 Å². The average molecular weight is 461 g/mol. The van der Waals surface area contributed by atoms with Crippen LogP contribution in [0.1, 0.15) is 12.5 Å². The third-order valence-corrected chi connectivity index (χ3v) is 6.21. The smallest absolute Gasteiger partial charge is 0.332 e. The fourth-order valence-corrected chi connectivity index (χ4v) is 4.13. The molecule has 1 saturated heterocycles. The van der Waals surface area contributed by atoms with Gasteiger partial charge in [-0.05, 0) is 24.2 Å². The summed E-state index contributed by atoms with van der Waals surface area (Å²) < 4.78 is 5.58. The number of hydrogen-bond donors (Lipinski definition) is 0. The van der Waals surface area contributed by atoms with E-state index in [0.717, 1.165) is 53.3 Å². The molecule has 0 saturated carbocycles. The number of anilines is 1. The van der Waals surface area contributed by atoms with E-state index >= 15 is 0 Å². The predicted octanol–water partition coefficient (Wildman–Crippen LogP) is 1.39. The molecule has 0 aliphatic carbocycles. The van der Waals surface area contributed by atoms with E-state index in [1.165, 1.54) is 11.6 Å². The highest BCUT2D eigenvalue weighted by Gasteiger charge is 2.25. The average Bonchev–Trinajstić information content (AvgIpc) is 3.11. The fraction of sp³-hybridized carbons (Fsp3) is 0.450. The van der Waals surface area contributed by atoms with Crippen LogP contribution in [0.25, 0.3) is 11.2 Å². The van der Waals surface area contributed by atoms with Crippen molar-refractivity contribution in [3.05, 3.63) is 55.1 Å². The molecule has 0 amide bonds. The number of benzene rings is 1. The number of halogens is 1. The quantitative estimate of drug-likeness (QED) is 0.588. The van der Waals surface area contributed by atoms with E-state index in [-0.39, 0.29) is 11.2 Å². The van der Waals surface area contributed by atoms with Crippen LogP contribution < -0.4 is 16.1 Å². The fourth-order valence-electron chi connectivity index (χ4n) is 3.86. The molecule has 1 aliphatic heterocycles. The molecule has 1 aliphatic rings. The van der Waals surface area contributed by atoms with Gasteiger partial charge in [-0.1, -0.05) is 35.0 Å². The Balaban J connectivity index is 1.88. The first-order valence-electron chi connectivity index (χ1n) is 9.78. The van der Waals surface area contributed by atoms with Crippen molar-refractivity contribution in [2.75, 3.05) is 37.6 Å². The van der Waals surface area contributed by atoms with Crippen molar-refractivity contribution in [1.82, 2.24) is 23.6 Å². The van der Waals surface area contributed by atoms with Gasteiger partial charge in [0, 0.05) is 44.7 Å². The van der Waals surface area contributed by atoms with Crippen molar-refractivity contribution in [3.8, 4) is 0 Å². The summed E-state index contributed by atoms with van der Waals surface area (Å²) in [5.74, 6) is 0.747. The second-order valence-electron chi connectivity index (χ2n) is 7.42. The van der Waals surface area contributed by atoms with Gasteiger partial charge in [0.2, 0.25) is 5.95 Å². The van der Waals surface area contributed by atoms with Crippen molar-refractivity contribution < 1.29 is 0 Å². The van der Waals surface area contributed by atoms with Crippen LogP contribution in [0.5, 0.6) is 0 Å². The van der Waals surface area contributed by atoms with Gasteiger partial charge in [0.25, 0.3) is 5.56 Å². The zero-order chi connectivity index (χ0) is 20.7. The van der Waals surface area contributed by atoms with Crippen LogP contribution >= 0.6 is 15.9 Å². The van der Waals surface area contributed by atoms with Crippen molar-refractivity contribution in [1.29, 1.82) is 0 Å². The summed E-state index contributed by atoms with van der Waals surface area (Å²) >= 11 is 3.47.